The lowest BCUT2D eigenvalue weighted by molar-refractivity contribution is 0.0936. The van der Waals surface area contributed by atoms with E-state index in [4.69, 9.17) is 4.74 Å². The third kappa shape index (κ3) is 4.99. The minimum Gasteiger partial charge on any atom is -0.497 e. The Kier molecular flexibility index (Phi) is 5.51. The number of benzene rings is 2. The molecule has 0 aromatic heterocycles. The number of urea groups is 1. The van der Waals surface area contributed by atoms with E-state index in [0.717, 1.165) is 11.3 Å². The summed E-state index contributed by atoms with van der Waals surface area (Å²) in [6, 6.07) is 11.6. The van der Waals surface area contributed by atoms with E-state index in [1.807, 2.05) is 12.1 Å². The topological polar surface area (TPSA) is 79.5 Å². The van der Waals surface area contributed by atoms with Crippen LogP contribution in [-0.2, 0) is 6.54 Å². The van der Waals surface area contributed by atoms with E-state index < -0.39 is 17.8 Å². The number of amides is 3. The fourth-order valence-electron chi connectivity index (χ4n) is 1.76. The molecular formula is C16H16FN3O3. The summed E-state index contributed by atoms with van der Waals surface area (Å²) in [5, 5.41) is 2.59. The minimum atomic E-state index is -0.559. The molecule has 0 spiro atoms. The van der Waals surface area contributed by atoms with Crippen LogP contribution >= 0.6 is 0 Å². The molecule has 0 saturated carbocycles. The van der Waals surface area contributed by atoms with Crippen molar-refractivity contribution in [2.45, 2.75) is 6.54 Å². The predicted octanol–water partition coefficient (Wildman–Crippen LogP) is 1.98. The molecule has 0 unspecified atom stereocenters. The van der Waals surface area contributed by atoms with Crippen molar-refractivity contribution in [3.8, 4) is 5.75 Å². The van der Waals surface area contributed by atoms with Crippen molar-refractivity contribution in [1.29, 1.82) is 0 Å². The average Bonchev–Trinajstić information content (AvgIpc) is 2.59. The van der Waals surface area contributed by atoms with Crippen LogP contribution in [0, 0.1) is 5.82 Å². The van der Waals surface area contributed by atoms with E-state index in [-0.39, 0.29) is 5.56 Å². The van der Waals surface area contributed by atoms with Gasteiger partial charge in [0.2, 0.25) is 0 Å². The maximum atomic E-state index is 12.8. The Morgan fingerprint density at radius 2 is 1.65 bits per heavy atom. The molecular weight excluding hydrogens is 301 g/mol. The number of hydrazine groups is 1. The van der Waals surface area contributed by atoms with Gasteiger partial charge >= 0.3 is 6.03 Å². The highest BCUT2D eigenvalue weighted by Crippen LogP contribution is 2.10. The van der Waals surface area contributed by atoms with Gasteiger partial charge in [-0.15, -0.1) is 0 Å². The Morgan fingerprint density at radius 1 is 1.00 bits per heavy atom. The Balaban J connectivity index is 1.76. The molecule has 0 heterocycles. The van der Waals surface area contributed by atoms with E-state index >= 15 is 0 Å². The lowest BCUT2D eigenvalue weighted by atomic mass is 10.2. The van der Waals surface area contributed by atoms with E-state index in [1.54, 1.807) is 19.2 Å². The lowest BCUT2D eigenvalue weighted by Crippen LogP contribution is -2.46. The Morgan fingerprint density at radius 3 is 2.26 bits per heavy atom. The number of carbonyl (C=O) groups excluding carboxylic acids is 2. The maximum Gasteiger partial charge on any atom is 0.333 e. The predicted molar refractivity (Wildman–Crippen MR) is 82.2 cm³/mol. The highest BCUT2D eigenvalue weighted by molar-refractivity contribution is 5.95. The molecule has 7 heteroatoms. The highest BCUT2D eigenvalue weighted by Gasteiger charge is 2.07. The van der Waals surface area contributed by atoms with Gasteiger partial charge in [0.25, 0.3) is 5.91 Å². The molecule has 120 valence electrons. The fraction of sp³-hybridized carbons (Fsp3) is 0.125. The summed E-state index contributed by atoms with van der Waals surface area (Å²) in [6.07, 6.45) is 0. The summed E-state index contributed by atoms with van der Waals surface area (Å²) in [6.45, 7) is 0.294. The first-order valence-electron chi connectivity index (χ1n) is 6.81. The van der Waals surface area contributed by atoms with Crippen molar-refractivity contribution in [3.05, 3.63) is 65.5 Å². The molecule has 3 N–H and O–H groups in total. The zero-order chi connectivity index (χ0) is 16.7. The van der Waals surface area contributed by atoms with Gasteiger partial charge < -0.3 is 10.1 Å². The summed E-state index contributed by atoms with van der Waals surface area (Å²) in [5.41, 5.74) is 5.57. The first kappa shape index (κ1) is 16.3. The monoisotopic (exact) mass is 317 g/mol. The number of carbonyl (C=O) groups is 2. The van der Waals surface area contributed by atoms with E-state index in [9.17, 15) is 14.0 Å². The van der Waals surface area contributed by atoms with Crippen molar-refractivity contribution in [2.24, 2.45) is 0 Å². The zero-order valence-corrected chi connectivity index (χ0v) is 12.4. The number of nitrogens with one attached hydrogen (secondary N) is 3. The molecule has 0 aliphatic heterocycles. The number of hydrogen-bond acceptors (Lipinski definition) is 3. The number of halogens is 1. The van der Waals surface area contributed by atoms with Crippen LogP contribution in [-0.4, -0.2) is 19.0 Å². The second kappa shape index (κ2) is 7.79. The summed E-state index contributed by atoms with van der Waals surface area (Å²) >= 11 is 0. The van der Waals surface area contributed by atoms with Gasteiger partial charge in [-0.3, -0.25) is 10.2 Å². The van der Waals surface area contributed by atoms with Crippen LogP contribution in [0.1, 0.15) is 15.9 Å². The maximum absolute atomic E-state index is 12.8. The molecule has 2 rings (SSSR count). The normalized spacial score (nSPS) is 9.83. The minimum absolute atomic E-state index is 0.238. The Bertz CT molecular complexity index is 672. The molecule has 0 saturated heterocycles. The Hall–Kier alpha value is -3.09. The van der Waals surface area contributed by atoms with Gasteiger partial charge in [0, 0.05) is 12.1 Å². The van der Waals surface area contributed by atoms with Crippen LogP contribution in [0.15, 0.2) is 48.5 Å². The summed E-state index contributed by atoms with van der Waals surface area (Å²) in [4.78, 5) is 23.3. The van der Waals surface area contributed by atoms with Gasteiger partial charge in [-0.05, 0) is 42.0 Å². The van der Waals surface area contributed by atoms with Crippen molar-refractivity contribution in [3.63, 3.8) is 0 Å². The quantitative estimate of drug-likeness (QED) is 0.754. The van der Waals surface area contributed by atoms with Gasteiger partial charge in [-0.2, -0.15) is 0 Å². The van der Waals surface area contributed by atoms with Crippen LogP contribution < -0.4 is 20.9 Å². The van der Waals surface area contributed by atoms with Gasteiger partial charge in [-0.1, -0.05) is 12.1 Å². The van der Waals surface area contributed by atoms with Gasteiger partial charge in [0.05, 0.1) is 7.11 Å². The van der Waals surface area contributed by atoms with E-state index in [2.05, 4.69) is 16.2 Å². The van der Waals surface area contributed by atoms with Crippen molar-refractivity contribution in [1.82, 2.24) is 16.2 Å². The number of methoxy groups -OCH3 is 1. The second-order valence-corrected chi connectivity index (χ2v) is 4.62. The Labute approximate surface area is 132 Å². The first-order chi connectivity index (χ1) is 11.1. The number of rotatable bonds is 4. The summed E-state index contributed by atoms with van der Waals surface area (Å²) in [5.74, 6) is -0.249. The summed E-state index contributed by atoms with van der Waals surface area (Å²) in [7, 11) is 1.57. The molecule has 3 amide bonds. The molecule has 2 aromatic carbocycles. The van der Waals surface area contributed by atoms with Crippen LogP contribution in [0.4, 0.5) is 9.18 Å². The summed E-state index contributed by atoms with van der Waals surface area (Å²) < 4.78 is 17.8. The van der Waals surface area contributed by atoms with Gasteiger partial charge in [0.1, 0.15) is 11.6 Å². The van der Waals surface area contributed by atoms with Gasteiger partial charge in [0.15, 0.2) is 0 Å². The van der Waals surface area contributed by atoms with Crippen LogP contribution in [0.2, 0.25) is 0 Å². The fourth-order valence-corrected chi connectivity index (χ4v) is 1.76. The number of ether oxygens (including phenoxy) is 1. The first-order valence-corrected chi connectivity index (χ1v) is 6.81. The van der Waals surface area contributed by atoms with Crippen molar-refractivity contribution >= 4 is 11.9 Å². The molecule has 0 radical (unpaired) electrons. The van der Waals surface area contributed by atoms with Crippen LogP contribution in [0.25, 0.3) is 0 Å². The van der Waals surface area contributed by atoms with Gasteiger partial charge in [-0.25, -0.2) is 14.6 Å². The third-order valence-corrected chi connectivity index (χ3v) is 3.01. The van der Waals surface area contributed by atoms with Crippen LogP contribution in [0.5, 0.6) is 5.75 Å². The molecule has 2 aromatic rings. The van der Waals surface area contributed by atoms with E-state index in [0.29, 0.717) is 6.54 Å². The highest BCUT2D eigenvalue weighted by atomic mass is 19.1. The SMILES string of the molecule is COc1ccc(CNC(=O)NNC(=O)c2ccc(F)cc2)cc1. The standard InChI is InChI=1S/C16H16FN3O3/c1-23-14-8-2-11(3-9-14)10-18-16(22)20-19-15(21)12-4-6-13(17)7-5-12/h2-9H,10H2,1H3,(H,19,21)(H2,18,20,22). The average molecular weight is 317 g/mol. The second-order valence-electron chi connectivity index (χ2n) is 4.62. The van der Waals surface area contributed by atoms with E-state index in [1.165, 1.54) is 24.3 Å². The lowest BCUT2D eigenvalue weighted by Gasteiger charge is -2.09. The van der Waals surface area contributed by atoms with Crippen LogP contribution in [0.3, 0.4) is 0 Å². The smallest absolute Gasteiger partial charge is 0.333 e. The molecule has 0 bridgehead atoms. The largest absolute Gasteiger partial charge is 0.497 e. The molecule has 0 fully saturated rings. The molecule has 0 atom stereocenters. The zero-order valence-electron chi connectivity index (χ0n) is 12.4. The molecule has 6 nitrogen and oxygen atoms in total. The molecule has 23 heavy (non-hydrogen) atoms. The third-order valence-electron chi connectivity index (χ3n) is 3.01. The number of hydrogen-bond donors (Lipinski definition) is 3. The van der Waals surface area contributed by atoms with Crippen molar-refractivity contribution < 1.29 is 18.7 Å². The molecule has 0 aliphatic carbocycles. The van der Waals surface area contributed by atoms with Crippen molar-refractivity contribution in [2.75, 3.05) is 7.11 Å². The molecule has 0 aliphatic rings.